The van der Waals surface area contributed by atoms with Crippen LogP contribution >= 0.6 is 0 Å². The minimum atomic E-state index is -0.933. The van der Waals surface area contributed by atoms with Gasteiger partial charge in [0.1, 0.15) is 0 Å². The molecule has 14 heteroatoms. The lowest BCUT2D eigenvalue weighted by atomic mass is 10.1. The van der Waals surface area contributed by atoms with Gasteiger partial charge >= 0.3 is 11.9 Å². The fourth-order valence-electron chi connectivity index (χ4n) is 1.36. The van der Waals surface area contributed by atoms with E-state index in [0.717, 1.165) is 6.07 Å². The molecule has 0 fully saturated rings. The van der Waals surface area contributed by atoms with Gasteiger partial charge in [-0.25, -0.2) is 9.59 Å². The SMILES string of the molecule is NC(N)=NC(N)=NOC(=O)c1cccc(C(=O)ON=C(N)N=C(N)N)c1. The van der Waals surface area contributed by atoms with Crippen molar-refractivity contribution in [2.75, 3.05) is 0 Å². The van der Waals surface area contributed by atoms with Crippen LogP contribution in [0.1, 0.15) is 20.7 Å². The van der Waals surface area contributed by atoms with Crippen LogP contribution in [-0.4, -0.2) is 35.8 Å². The van der Waals surface area contributed by atoms with E-state index in [9.17, 15) is 9.59 Å². The number of nitrogens with two attached hydrogens (primary N) is 6. The van der Waals surface area contributed by atoms with E-state index in [1.807, 2.05) is 0 Å². The van der Waals surface area contributed by atoms with Gasteiger partial charge in [0.2, 0.25) is 0 Å². The van der Waals surface area contributed by atoms with E-state index < -0.39 is 23.9 Å². The number of aliphatic imine (C=N–C) groups is 2. The maximum atomic E-state index is 11.9. The van der Waals surface area contributed by atoms with Gasteiger partial charge in [-0.2, -0.15) is 9.98 Å². The molecule has 14 nitrogen and oxygen atoms in total. The van der Waals surface area contributed by atoms with Crippen LogP contribution < -0.4 is 34.4 Å². The van der Waals surface area contributed by atoms with Crippen molar-refractivity contribution < 1.29 is 19.3 Å². The highest BCUT2D eigenvalue weighted by atomic mass is 16.7. The molecule has 0 aliphatic rings. The number of rotatable bonds is 4. The number of hydrogen-bond acceptors (Lipinski definition) is 6. The first-order chi connectivity index (χ1) is 12.2. The van der Waals surface area contributed by atoms with Gasteiger partial charge in [0.05, 0.1) is 11.1 Å². The monoisotopic (exact) mass is 364 g/mol. The van der Waals surface area contributed by atoms with E-state index in [-0.39, 0.29) is 23.0 Å². The Balaban J connectivity index is 2.84. The molecule has 1 aromatic carbocycles. The second-order valence-corrected chi connectivity index (χ2v) is 4.31. The predicted octanol–water partition coefficient (Wildman–Crippen LogP) is -2.99. The van der Waals surface area contributed by atoms with Crippen molar-refractivity contribution in [3.05, 3.63) is 35.4 Å². The maximum Gasteiger partial charge on any atom is 0.365 e. The third-order valence-corrected chi connectivity index (χ3v) is 2.27. The van der Waals surface area contributed by atoms with E-state index in [4.69, 9.17) is 34.4 Å². The van der Waals surface area contributed by atoms with Crippen LogP contribution in [0.15, 0.2) is 44.6 Å². The van der Waals surface area contributed by atoms with Gasteiger partial charge in [-0.15, -0.1) is 0 Å². The highest BCUT2D eigenvalue weighted by Crippen LogP contribution is 2.09. The molecule has 0 saturated carbocycles. The first kappa shape index (κ1) is 19.7. The van der Waals surface area contributed by atoms with Gasteiger partial charge in [-0.1, -0.05) is 6.07 Å². The topological polar surface area (TPSA) is 258 Å². The number of carbonyl (C=O) groups is 2. The van der Waals surface area contributed by atoms with Crippen molar-refractivity contribution in [2.24, 2.45) is 54.7 Å². The number of hydrogen-bond donors (Lipinski definition) is 6. The molecule has 0 amide bonds. The normalized spacial score (nSPS) is 11.2. The Bertz CT molecular complexity index is 743. The number of benzene rings is 1. The maximum absolute atomic E-state index is 11.9. The van der Waals surface area contributed by atoms with E-state index in [1.165, 1.54) is 18.2 Å². The van der Waals surface area contributed by atoms with Crippen molar-refractivity contribution in [2.45, 2.75) is 0 Å². The molecule has 0 atom stereocenters. The number of oxime groups is 2. The third-order valence-electron chi connectivity index (χ3n) is 2.27. The van der Waals surface area contributed by atoms with Gasteiger partial charge in [0.25, 0.3) is 11.9 Å². The van der Waals surface area contributed by atoms with Crippen molar-refractivity contribution in [1.82, 2.24) is 0 Å². The molecule has 0 aliphatic heterocycles. The van der Waals surface area contributed by atoms with Crippen LogP contribution in [0.25, 0.3) is 0 Å². The summed E-state index contributed by atoms with van der Waals surface area (Å²) in [6, 6.07) is 5.24. The van der Waals surface area contributed by atoms with Gasteiger partial charge in [0, 0.05) is 0 Å². The minimum Gasteiger partial charge on any atom is -0.370 e. The van der Waals surface area contributed by atoms with Crippen LogP contribution in [0, 0.1) is 0 Å². The van der Waals surface area contributed by atoms with Crippen molar-refractivity contribution in [3.63, 3.8) is 0 Å². The quantitative estimate of drug-likeness (QED) is 0.136. The Labute approximate surface area is 146 Å². The second-order valence-electron chi connectivity index (χ2n) is 4.31. The summed E-state index contributed by atoms with van der Waals surface area (Å²) in [5.74, 6) is -3.55. The first-order valence-electron chi connectivity index (χ1n) is 6.58. The third kappa shape index (κ3) is 6.82. The Morgan fingerprint density at radius 1 is 0.731 bits per heavy atom. The van der Waals surface area contributed by atoms with Gasteiger partial charge in [-0.05, 0) is 28.5 Å². The predicted molar refractivity (Wildman–Crippen MR) is 92.1 cm³/mol. The summed E-state index contributed by atoms with van der Waals surface area (Å²) in [7, 11) is 0. The molecule has 1 aromatic rings. The molecule has 0 saturated heterocycles. The molecule has 0 heterocycles. The molecular weight excluding hydrogens is 348 g/mol. The average molecular weight is 364 g/mol. The lowest BCUT2D eigenvalue weighted by molar-refractivity contribution is 0.0512. The number of guanidine groups is 4. The largest absolute Gasteiger partial charge is 0.370 e. The van der Waals surface area contributed by atoms with E-state index in [1.54, 1.807) is 0 Å². The van der Waals surface area contributed by atoms with Crippen molar-refractivity contribution in [3.8, 4) is 0 Å². The second kappa shape index (κ2) is 9.06. The fourth-order valence-corrected chi connectivity index (χ4v) is 1.36. The summed E-state index contributed by atoms with van der Waals surface area (Å²) in [5, 5.41) is 6.41. The lowest BCUT2D eigenvalue weighted by Gasteiger charge is -2.02. The molecule has 0 radical (unpaired) electrons. The smallest absolute Gasteiger partial charge is 0.365 e. The summed E-state index contributed by atoms with van der Waals surface area (Å²) < 4.78 is 0. The highest BCUT2D eigenvalue weighted by molar-refractivity contribution is 5.97. The Morgan fingerprint density at radius 2 is 1.12 bits per heavy atom. The summed E-state index contributed by atoms with van der Waals surface area (Å²) in [6.07, 6.45) is 0. The van der Waals surface area contributed by atoms with E-state index in [0.29, 0.717) is 0 Å². The van der Waals surface area contributed by atoms with Crippen molar-refractivity contribution >= 4 is 35.8 Å². The van der Waals surface area contributed by atoms with E-state index in [2.05, 4.69) is 30.0 Å². The van der Waals surface area contributed by atoms with Gasteiger partial charge < -0.3 is 44.1 Å². The van der Waals surface area contributed by atoms with Gasteiger partial charge in [0.15, 0.2) is 11.9 Å². The number of carbonyl (C=O) groups excluding carboxylic acids is 2. The van der Waals surface area contributed by atoms with Crippen LogP contribution in [0.2, 0.25) is 0 Å². The molecule has 1 rings (SSSR count). The minimum absolute atomic E-state index is 0.0399. The zero-order valence-electron chi connectivity index (χ0n) is 13.2. The summed E-state index contributed by atoms with van der Waals surface area (Å²) >= 11 is 0. The zero-order valence-corrected chi connectivity index (χ0v) is 13.2. The molecular formula is C12H16N10O4. The summed E-state index contributed by atoms with van der Waals surface area (Å²) in [5.41, 5.74) is 30.8. The Morgan fingerprint density at radius 3 is 1.46 bits per heavy atom. The fraction of sp³-hybridized carbons (Fsp3) is 0. The molecule has 0 unspecified atom stereocenters. The summed E-state index contributed by atoms with van der Waals surface area (Å²) in [6.45, 7) is 0. The van der Waals surface area contributed by atoms with Crippen LogP contribution in [0.4, 0.5) is 0 Å². The van der Waals surface area contributed by atoms with Crippen molar-refractivity contribution in [1.29, 1.82) is 0 Å². The summed E-state index contributed by atoms with van der Waals surface area (Å²) in [4.78, 5) is 39.5. The van der Waals surface area contributed by atoms with Crippen LogP contribution in [-0.2, 0) is 9.68 Å². The van der Waals surface area contributed by atoms with Gasteiger partial charge in [-0.3, -0.25) is 0 Å². The Hall–Kier alpha value is -4.36. The lowest BCUT2D eigenvalue weighted by Crippen LogP contribution is -2.26. The zero-order chi connectivity index (χ0) is 19.7. The molecule has 138 valence electrons. The molecule has 12 N–H and O–H groups in total. The van der Waals surface area contributed by atoms with Crippen LogP contribution in [0.5, 0.6) is 0 Å². The molecule has 0 aromatic heterocycles. The van der Waals surface area contributed by atoms with Crippen LogP contribution in [0.3, 0.4) is 0 Å². The highest BCUT2D eigenvalue weighted by Gasteiger charge is 2.13. The first-order valence-corrected chi connectivity index (χ1v) is 6.58. The molecule has 0 bridgehead atoms. The molecule has 0 spiro atoms. The molecule has 26 heavy (non-hydrogen) atoms. The molecule has 0 aliphatic carbocycles. The van der Waals surface area contributed by atoms with E-state index >= 15 is 0 Å². The standard InChI is InChI=1S/C12H16N10O4/c13-9(14)19-11(17)21-25-7(23)5-2-1-3-6(4-5)8(24)26-22-12(18)20-10(15)16/h1-4H,(H6,13,14,17,19,21)(H6,15,16,18,20,22). The number of nitrogens with zero attached hydrogens (tertiary/aromatic N) is 4. The Kier molecular flexibility index (Phi) is 6.86. The average Bonchev–Trinajstić information content (AvgIpc) is 2.56.